The molecular formula is C19H42O. The molecule has 1 heteroatoms. The molecule has 0 spiro atoms. The lowest BCUT2D eigenvalue weighted by molar-refractivity contribution is 0.155. The second-order valence-electron chi connectivity index (χ2n) is 2.66. The lowest BCUT2D eigenvalue weighted by Crippen LogP contribution is -1.97. The zero-order valence-electron chi connectivity index (χ0n) is 15.9. The zero-order chi connectivity index (χ0) is 17.2. The van der Waals surface area contributed by atoms with Gasteiger partial charge in [0.25, 0.3) is 0 Å². The Morgan fingerprint density at radius 2 is 1.40 bits per heavy atom. The van der Waals surface area contributed by atoms with Crippen molar-refractivity contribution in [2.45, 2.75) is 75.2 Å². The molecule has 0 aromatic heterocycles. The average Bonchev–Trinajstić information content (AvgIpc) is 2.57. The first kappa shape index (κ1) is 31.5. The molecule has 0 rings (SSSR count). The van der Waals surface area contributed by atoms with Crippen LogP contribution in [-0.2, 0) is 4.74 Å². The highest BCUT2D eigenvalue weighted by Gasteiger charge is 1.88. The quantitative estimate of drug-likeness (QED) is 0.355. The third-order valence-electron chi connectivity index (χ3n) is 1.40. The van der Waals surface area contributed by atoms with E-state index < -0.39 is 0 Å². The summed E-state index contributed by atoms with van der Waals surface area (Å²) < 4.78 is 5.35. The highest BCUT2D eigenvalue weighted by atomic mass is 16.5. The molecule has 0 heterocycles. The Morgan fingerprint density at radius 1 is 0.950 bits per heavy atom. The third-order valence-corrected chi connectivity index (χ3v) is 1.40. The maximum absolute atomic E-state index is 5.35. The van der Waals surface area contributed by atoms with Crippen molar-refractivity contribution in [3.63, 3.8) is 0 Å². The fourth-order valence-corrected chi connectivity index (χ4v) is 0.702. The summed E-state index contributed by atoms with van der Waals surface area (Å²) in [5, 5.41) is 0. The second kappa shape index (κ2) is 51.8. The van der Waals surface area contributed by atoms with Gasteiger partial charge in [0, 0.05) is 6.61 Å². The van der Waals surface area contributed by atoms with Crippen molar-refractivity contribution in [1.29, 1.82) is 0 Å². The van der Waals surface area contributed by atoms with Crippen LogP contribution in [0, 0.1) is 0 Å². The molecule has 124 valence electrons. The molecule has 1 nitrogen and oxygen atoms in total. The third kappa shape index (κ3) is 53.4. The van der Waals surface area contributed by atoms with E-state index in [1.165, 1.54) is 6.42 Å². The molecule has 0 N–H and O–H groups in total. The van der Waals surface area contributed by atoms with Gasteiger partial charge in [-0.2, -0.15) is 0 Å². The van der Waals surface area contributed by atoms with Crippen molar-refractivity contribution in [3.05, 3.63) is 37.0 Å². The molecule has 0 aliphatic carbocycles. The van der Waals surface area contributed by atoms with Crippen LogP contribution in [0.3, 0.4) is 0 Å². The fraction of sp³-hybridized carbons (Fsp3) is 0.684. The Hall–Kier alpha value is -0.820. The molecule has 0 saturated carbocycles. The summed E-state index contributed by atoms with van der Waals surface area (Å²) >= 11 is 0. The summed E-state index contributed by atoms with van der Waals surface area (Å²) in [6, 6.07) is 0. The van der Waals surface area contributed by atoms with E-state index in [0.29, 0.717) is 6.61 Å². The van der Waals surface area contributed by atoms with Crippen LogP contribution in [0.4, 0.5) is 0 Å². The van der Waals surface area contributed by atoms with Gasteiger partial charge in [0.1, 0.15) is 0 Å². The molecule has 0 aliphatic heterocycles. The first-order chi connectivity index (χ1) is 9.81. The van der Waals surface area contributed by atoms with Crippen molar-refractivity contribution >= 4 is 0 Å². The van der Waals surface area contributed by atoms with Crippen LogP contribution < -0.4 is 0 Å². The van der Waals surface area contributed by atoms with Crippen molar-refractivity contribution in [2.75, 3.05) is 13.2 Å². The average molecular weight is 287 g/mol. The van der Waals surface area contributed by atoms with Crippen LogP contribution in [0.25, 0.3) is 0 Å². The van der Waals surface area contributed by atoms with Crippen molar-refractivity contribution in [3.8, 4) is 0 Å². The summed E-state index contributed by atoms with van der Waals surface area (Å²) in [4.78, 5) is 0. The predicted octanol–water partition coefficient (Wildman–Crippen LogP) is 7.21. The summed E-state index contributed by atoms with van der Waals surface area (Å²) in [7, 11) is 0. The molecular weight excluding hydrogens is 244 g/mol. The molecule has 0 unspecified atom stereocenters. The van der Waals surface area contributed by atoms with Crippen LogP contribution in [0.5, 0.6) is 0 Å². The maximum Gasteiger partial charge on any atom is 0.0711 e. The number of ether oxygens (including phenoxy) is 1. The van der Waals surface area contributed by atoms with E-state index in [9.17, 15) is 0 Å². The van der Waals surface area contributed by atoms with Crippen LogP contribution in [0.1, 0.15) is 75.2 Å². The molecule has 0 fully saturated rings. The Balaban J connectivity index is -0.0000000799. The molecule has 0 amide bonds. The van der Waals surface area contributed by atoms with Crippen LogP contribution in [0.15, 0.2) is 37.0 Å². The number of allylic oxidation sites excluding steroid dienone is 2. The largest absolute Gasteiger partial charge is 0.377 e. The lowest BCUT2D eigenvalue weighted by atomic mass is 10.3. The minimum atomic E-state index is 0.629. The topological polar surface area (TPSA) is 9.23 Å². The second-order valence-corrected chi connectivity index (χ2v) is 2.66. The van der Waals surface area contributed by atoms with Crippen LogP contribution in [-0.4, -0.2) is 13.2 Å². The van der Waals surface area contributed by atoms with E-state index in [4.69, 9.17) is 4.74 Å². The predicted molar refractivity (Wildman–Crippen MR) is 99.6 cm³/mol. The van der Waals surface area contributed by atoms with E-state index in [1.807, 2.05) is 67.5 Å². The van der Waals surface area contributed by atoms with Crippen molar-refractivity contribution in [1.82, 2.24) is 0 Å². The molecule has 0 saturated heterocycles. The molecule has 0 radical (unpaired) electrons. The van der Waals surface area contributed by atoms with Crippen molar-refractivity contribution in [2.24, 2.45) is 0 Å². The Labute approximate surface area is 130 Å². The van der Waals surface area contributed by atoms with E-state index in [-0.39, 0.29) is 0 Å². The summed E-state index contributed by atoms with van der Waals surface area (Å²) in [6.45, 7) is 27.0. The minimum absolute atomic E-state index is 0.629. The number of rotatable bonds is 7. The summed E-state index contributed by atoms with van der Waals surface area (Å²) in [5.74, 6) is 0. The van der Waals surface area contributed by atoms with Crippen LogP contribution in [0.2, 0.25) is 0 Å². The van der Waals surface area contributed by atoms with Gasteiger partial charge in [-0.25, -0.2) is 0 Å². The van der Waals surface area contributed by atoms with Gasteiger partial charge in [-0.05, 0) is 12.0 Å². The number of hydrogen-bond acceptors (Lipinski definition) is 1. The first-order valence-electron chi connectivity index (χ1n) is 8.36. The van der Waals surface area contributed by atoms with Gasteiger partial charge in [0.05, 0.1) is 6.61 Å². The standard InChI is InChI=1S/C11H18O.4C2H6/c1-4-6-8-11(3)10-12-9-7-5-2;4*1-2/h4,6,8H,1,3,5,7,9-10H2,2H3;4*1-2H3/b8-6-;;;;. The zero-order valence-corrected chi connectivity index (χ0v) is 15.9. The molecule has 0 aliphatic rings. The van der Waals surface area contributed by atoms with E-state index in [0.717, 1.165) is 18.6 Å². The van der Waals surface area contributed by atoms with E-state index in [2.05, 4.69) is 20.1 Å². The van der Waals surface area contributed by atoms with Gasteiger partial charge in [-0.1, -0.05) is 100 Å². The maximum atomic E-state index is 5.35. The highest BCUT2D eigenvalue weighted by molar-refractivity contribution is 5.18. The van der Waals surface area contributed by atoms with Crippen molar-refractivity contribution < 1.29 is 4.74 Å². The van der Waals surface area contributed by atoms with Gasteiger partial charge in [0.15, 0.2) is 0 Å². The molecule has 20 heavy (non-hydrogen) atoms. The van der Waals surface area contributed by atoms with Gasteiger partial charge < -0.3 is 4.74 Å². The SMILES string of the molecule is C=C/C=C\C(=C)COCCCC.CC.CC.CC.CC. The molecule has 0 atom stereocenters. The lowest BCUT2D eigenvalue weighted by Gasteiger charge is -2.01. The number of unbranched alkanes of at least 4 members (excludes halogenated alkanes) is 1. The fourth-order valence-electron chi connectivity index (χ4n) is 0.702. The smallest absolute Gasteiger partial charge is 0.0711 e. The Morgan fingerprint density at radius 3 is 1.75 bits per heavy atom. The highest BCUT2D eigenvalue weighted by Crippen LogP contribution is 1.96. The number of hydrogen-bond donors (Lipinski definition) is 0. The first-order valence-corrected chi connectivity index (χ1v) is 8.36. The summed E-state index contributed by atoms with van der Waals surface area (Å²) in [5.41, 5.74) is 0.992. The van der Waals surface area contributed by atoms with E-state index in [1.54, 1.807) is 6.08 Å². The molecule has 0 aromatic carbocycles. The van der Waals surface area contributed by atoms with Gasteiger partial charge in [0.2, 0.25) is 0 Å². The Kier molecular flexibility index (Phi) is 81.6. The monoisotopic (exact) mass is 286 g/mol. The molecule has 0 bridgehead atoms. The Bertz CT molecular complexity index is 157. The van der Waals surface area contributed by atoms with Gasteiger partial charge in [-0.3, -0.25) is 0 Å². The van der Waals surface area contributed by atoms with E-state index >= 15 is 0 Å². The minimum Gasteiger partial charge on any atom is -0.377 e. The summed E-state index contributed by atoms with van der Waals surface area (Å²) in [6.07, 6.45) is 7.81. The molecule has 0 aromatic rings. The van der Waals surface area contributed by atoms with Gasteiger partial charge in [-0.15, -0.1) is 0 Å². The van der Waals surface area contributed by atoms with Crippen LogP contribution >= 0.6 is 0 Å². The van der Waals surface area contributed by atoms with Gasteiger partial charge >= 0.3 is 0 Å². The normalized spacial score (nSPS) is 7.45.